The summed E-state index contributed by atoms with van der Waals surface area (Å²) in [6, 6.07) is 13.9. The normalized spacial score (nSPS) is 16.2. The van der Waals surface area contributed by atoms with Gasteiger partial charge in [-0.2, -0.15) is 0 Å². The first-order valence-corrected chi connectivity index (χ1v) is 9.39. The average molecular weight is 396 g/mol. The van der Waals surface area contributed by atoms with E-state index in [1.807, 2.05) is 30.3 Å². The van der Waals surface area contributed by atoms with Gasteiger partial charge in [0.25, 0.3) is 0 Å². The number of fused-ring (bicyclic) bond motifs is 1. The maximum absolute atomic E-state index is 13.3. The molecule has 3 rings (SSSR count). The number of anilines is 1. The van der Waals surface area contributed by atoms with Crippen LogP contribution < -0.4 is 4.90 Å². The quantitative estimate of drug-likeness (QED) is 0.754. The number of aromatic carboxylic acids is 1. The van der Waals surface area contributed by atoms with E-state index in [1.165, 1.54) is 13.2 Å². The number of likely N-dealkylation sites (N-methyl/N-ethyl adjacent to an activating group) is 1. The minimum atomic E-state index is -1.04. The number of esters is 1. The van der Waals surface area contributed by atoms with Gasteiger partial charge in [-0.15, -0.1) is 0 Å². The summed E-state index contributed by atoms with van der Waals surface area (Å²) in [5.74, 6) is -1.71. The topological polar surface area (TPSA) is 87.2 Å². The molecule has 1 unspecified atom stereocenters. The maximum Gasteiger partial charge on any atom is 0.335 e. The molecule has 1 amide bonds. The fourth-order valence-corrected chi connectivity index (χ4v) is 3.55. The number of ether oxygens (including phenoxy) is 1. The molecule has 0 aromatic heterocycles. The molecular formula is C22H24N2O5. The predicted molar refractivity (Wildman–Crippen MR) is 108 cm³/mol. The molecular weight excluding hydrogens is 372 g/mol. The van der Waals surface area contributed by atoms with E-state index >= 15 is 0 Å². The van der Waals surface area contributed by atoms with Crippen molar-refractivity contribution in [3.63, 3.8) is 0 Å². The molecule has 29 heavy (non-hydrogen) atoms. The molecule has 0 bridgehead atoms. The van der Waals surface area contributed by atoms with Crippen LogP contribution in [-0.2, 0) is 27.3 Å². The maximum atomic E-state index is 13.3. The highest BCUT2D eigenvalue weighted by molar-refractivity contribution is 5.93. The zero-order chi connectivity index (χ0) is 21.0. The predicted octanol–water partition coefficient (Wildman–Crippen LogP) is 2.34. The lowest BCUT2D eigenvalue weighted by molar-refractivity contribution is -0.144. The van der Waals surface area contributed by atoms with Crippen LogP contribution in [0.4, 0.5) is 5.69 Å². The van der Waals surface area contributed by atoms with E-state index in [1.54, 1.807) is 29.0 Å². The zero-order valence-electron chi connectivity index (χ0n) is 16.5. The number of carboxylic acid groups (broad SMARTS) is 1. The van der Waals surface area contributed by atoms with Crippen LogP contribution in [0.3, 0.4) is 0 Å². The molecule has 1 heterocycles. The van der Waals surface area contributed by atoms with Gasteiger partial charge < -0.3 is 19.6 Å². The van der Waals surface area contributed by atoms with Gasteiger partial charge in [-0.25, -0.2) is 4.79 Å². The molecule has 1 aliphatic heterocycles. The number of methoxy groups -OCH3 is 1. The fraction of sp³-hybridized carbons (Fsp3) is 0.318. The molecule has 0 saturated heterocycles. The van der Waals surface area contributed by atoms with Crippen LogP contribution in [-0.4, -0.2) is 54.6 Å². The van der Waals surface area contributed by atoms with Gasteiger partial charge in [-0.1, -0.05) is 36.4 Å². The number of nitrogens with zero attached hydrogens (tertiary/aromatic N) is 2. The number of hydrogen-bond acceptors (Lipinski definition) is 5. The molecule has 0 saturated carbocycles. The van der Waals surface area contributed by atoms with E-state index in [2.05, 4.69) is 0 Å². The molecule has 7 heteroatoms. The molecule has 2 aromatic rings. The summed E-state index contributed by atoms with van der Waals surface area (Å²) in [6.07, 6.45) is 0.578. The third-order valence-electron chi connectivity index (χ3n) is 5.24. The molecule has 1 N–H and O–H groups in total. The van der Waals surface area contributed by atoms with Gasteiger partial charge in [0, 0.05) is 25.8 Å². The Morgan fingerprint density at radius 2 is 1.90 bits per heavy atom. The van der Waals surface area contributed by atoms with Crippen molar-refractivity contribution in [3.05, 3.63) is 65.2 Å². The molecule has 1 atom stereocenters. The number of rotatable bonds is 6. The van der Waals surface area contributed by atoms with E-state index in [9.17, 15) is 19.5 Å². The average Bonchev–Trinajstić information content (AvgIpc) is 2.82. The Morgan fingerprint density at radius 1 is 1.17 bits per heavy atom. The van der Waals surface area contributed by atoms with Crippen LogP contribution in [0, 0.1) is 0 Å². The third kappa shape index (κ3) is 4.56. The molecule has 1 aliphatic rings. The van der Waals surface area contributed by atoms with Crippen LogP contribution in [0.15, 0.2) is 48.5 Å². The standard InChI is InChI=1S/C22H24N2O5/c1-23-18-12-16(22(27)28)8-9-17(18)14-24(11-10-15-6-4-3-5-7-15)21(26)19(23)13-20(25)29-2/h3-9,12,19H,10-11,13-14H2,1-2H3,(H,27,28). The third-order valence-corrected chi connectivity index (χ3v) is 5.24. The second-order valence-electron chi connectivity index (χ2n) is 7.05. The second kappa shape index (κ2) is 8.77. The SMILES string of the molecule is COC(=O)CC1C(=O)N(CCc2ccccc2)Cc2ccc(C(=O)O)cc2N1C. The van der Waals surface area contributed by atoms with Gasteiger partial charge >= 0.3 is 11.9 Å². The van der Waals surface area contributed by atoms with Gasteiger partial charge in [0.05, 0.1) is 19.1 Å². The summed E-state index contributed by atoms with van der Waals surface area (Å²) in [5.41, 5.74) is 2.72. The Kier molecular flexibility index (Phi) is 6.16. The first-order chi connectivity index (χ1) is 13.9. The summed E-state index contributed by atoms with van der Waals surface area (Å²) in [6.45, 7) is 0.845. The number of carbonyl (C=O) groups excluding carboxylic acids is 2. The van der Waals surface area contributed by atoms with Crippen molar-refractivity contribution in [2.24, 2.45) is 0 Å². The van der Waals surface area contributed by atoms with Crippen molar-refractivity contribution < 1.29 is 24.2 Å². The highest BCUT2D eigenvalue weighted by Gasteiger charge is 2.35. The number of amides is 1. The van der Waals surface area contributed by atoms with Crippen LogP contribution >= 0.6 is 0 Å². The lowest BCUT2D eigenvalue weighted by Crippen LogP contribution is -2.46. The first kappa shape index (κ1) is 20.4. The van der Waals surface area contributed by atoms with Crippen molar-refractivity contribution in [1.82, 2.24) is 4.90 Å². The summed E-state index contributed by atoms with van der Waals surface area (Å²) < 4.78 is 4.77. The largest absolute Gasteiger partial charge is 0.478 e. The van der Waals surface area contributed by atoms with Gasteiger partial charge in [0.1, 0.15) is 6.04 Å². The van der Waals surface area contributed by atoms with Gasteiger partial charge in [0.15, 0.2) is 0 Å². The lowest BCUT2D eigenvalue weighted by atomic mass is 10.1. The lowest BCUT2D eigenvalue weighted by Gasteiger charge is -2.29. The minimum Gasteiger partial charge on any atom is -0.478 e. The fourth-order valence-electron chi connectivity index (χ4n) is 3.55. The van der Waals surface area contributed by atoms with Crippen LogP contribution in [0.2, 0.25) is 0 Å². The summed E-state index contributed by atoms with van der Waals surface area (Å²) in [4.78, 5) is 40.0. The number of carbonyl (C=O) groups is 3. The molecule has 0 aliphatic carbocycles. The van der Waals surface area contributed by atoms with Crippen molar-refractivity contribution >= 4 is 23.5 Å². The van der Waals surface area contributed by atoms with Crippen molar-refractivity contribution in [3.8, 4) is 0 Å². The van der Waals surface area contributed by atoms with Crippen molar-refractivity contribution in [1.29, 1.82) is 0 Å². The highest BCUT2D eigenvalue weighted by atomic mass is 16.5. The number of benzene rings is 2. The zero-order valence-corrected chi connectivity index (χ0v) is 16.5. The number of hydrogen-bond donors (Lipinski definition) is 1. The molecule has 7 nitrogen and oxygen atoms in total. The molecule has 152 valence electrons. The number of carboxylic acids is 1. The van der Waals surface area contributed by atoms with Gasteiger partial charge in [-0.05, 0) is 29.7 Å². The van der Waals surface area contributed by atoms with E-state index in [0.29, 0.717) is 25.2 Å². The van der Waals surface area contributed by atoms with Crippen LogP contribution in [0.5, 0.6) is 0 Å². The van der Waals surface area contributed by atoms with E-state index in [0.717, 1.165) is 11.1 Å². The molecule has 0 radical (unpaired) electrons. The Labute approximate surface area is 169 Å². The Morgan fingerprint density at radius 3 is 2.55 bits per heavy atom. The summed E-state index contributed by atoms with van der Waals surface area (Å²) in [5, 5.41) is 9.34. The van der Waals surface area contributed by atoms with E-state index in [-0.39, 0.29) is 17.9 Å². The van der Waals surface area contributed by atoms with Gasteiger partial charge in [0.2, 0.25) is 5.91 Å². The van der Waals surface area contributed by atoms with E-state index < -0.39 is 18.0 Å². The smallest absolute Gasteiger partial charge is 0.335 e. The Hall–Kier alpha value is -3.35. The molecule has 2 aromatic carbocycles. The minimum absolute atomic E-state index is 0.107. The van der Waals surface area contributed by atoms with Crippen molar-refractivity contribution in [2.75, 3.05) is 25.6 Å². The Bertz CT molecular complexity index is 913. The summed E-state index contributed by atoms with van der Waals surface area (Å²) >= 11 is 0. The molecule has 0 fully saturated rings. The van der Waals surface area contributed by atoms with Crippen molar-refractivity contribution in [2.45, 2.75) is 25.4 Å². The second-order valence-corrected chi connectivity index (χ2v) is 7.05. The van der Waals surface area contributed by atoms with Gasteiger partial charge in [-0.3, -0.25) is 9.59 Å². The monoisotopic (exact) mass is 396 g/mol. The Balaban J connectivity index is 1.94. The highest BCUT2D eigenvalue weighted by Crippen LogP contribution is 2.30. The van der Waals surface area contributed by atoms with Crippen LogP contribution in [0.25, 0.3) is 0 Å². The summed E-state index contributed by atoms with van der Waals surface area (Å²) in [7, 11) is 2.99. The van der Waals surface area contributed by atoms with Crippen LogP contribution in [0.1, 0.15) is 27.9 Å². The first-order valence-electron chi connectivity index (χ1n) is 9.39. The molecule has 0 spiro atoms. The van der Waals surface area contributed by atoms with E-state index in [4.69, 9.17) is 4.74 Å².